The van der Waals surface area contributed by atoms with Crippen molar-refractivity contribution in [2.45, 2.75) is 20.8 Å². The third-order valence-electron chi connectivity index (χ3n) is 11.2. The van der Waals surface area contributed by atoms with Crippen LogP contribution in [0.2, 0.25) is 15.1 Å². The third-order valence-corrected chi connectivity index (χ3v) is 13.5. The standard InChI is InChI=1S/C19H17ClN4S.C19H14ClN3O2S.C19H15ClN2S/c1-11-4-2-3-5-13(11)18(25)14-7-6-12(10-15(14)20)23-17-9-8-16(21)19(22)24-17;1-12-5-2-3-6-14(12)18(26)15-9-8-13(11-16(15)20)22-19-17(23(24)25)7-4-10-21-19;1-13-5-2-3-7-16(13)19(23)17-9-8-14(11-18(17)20)22-15-6-4-10-21-12-15/h2-10H,21H2,1H3,(H3,22,23,24);2-11H,1H3,(H,21,22);2-12,22H,1H3. The highest BCUT2D eigenvalue weighted by molar-refractivity contribution is 7.81. The monoisotopic (exact) mass is 1090 g/mol. The number of aryl methyl sites for hydroxylation is 3. The largest absolute Gasteiger partial charge is 0.396 e. The molecule has 9 aromatic rings. The van der Waals surface area contributed by atoms with Crippen molar-refractivity contribution < 1.29 is 4.92 Å². The molecule has 0 spiro atoms. The van der Waals surface area contributed by atoms with Gasteiger partial charge in [0.05, 0.1) is 52.2 Å². The summed E-state index contributed by atoms with van der Waals surface area (Å²) in [5.74, 6) is 1.04. The molecule has 0 bridgehead atoms. The van der Waals surface area contributed by atoms with Crippen molar-refractivity contribution in [2.24, 2.45) is 0 Å². The molecule has 3 heterocycles. The molecule has 0 unspecified atom stereocenters. The second-order valence-electron chi connectivity index (χ2n) is 16.4. The van der Waals surface area contributed by atoms with E-state index in [9.17, 15) is 10.1 Å². The zero-order valence-electron chi connectivity index (χ0n) is 39.9. The SMILES string of the molecule is Cc1ccccc1C(=S)c1ccc(Nc2ccc(N)c(N)n2)cc1Cl.Cc1ccccc1C(=S)c1ccc(Nc2cccnc2)cc1Cl.Cc1ccccc1C(=S)c1ccc(Nc2ncccc2[N+](=O)[O-])cc1Cl. The lowest BCUT2D eigenvalue weighted by molar-refractivity contribution is -0.384. The van der Waals surface area contributed by atoms with Crippen LogP contribution in [0.4, 0.5) is 51.6 Å². The van der Waals surface area contributed by atoms with Gasteiger partial charge in [0.2, 0.25) is 5.82 Å². The summed E-state index contributed by atoms with van der Waals surface area (Å²) in [6.07, 6.45) is 4.99. The smallest absolute Gasteiger partial charge is 0.311 e. The van der Waals surface area contributed by atoms with E-state index < -0.39 is 4.92 Å². The van der Waals surface area contributed by atoms with Gasteiger partial charge in [0, 0.05) is 52.2 Å². The number of nitrogens with zero attached hydrogens (tertiary/aromatic N) is 4. The van der Waals surface area contributed by atoms with Gasteiger partial charge in [-0.25, -0.2) is 9.97 Å². The number of aromatic nitrogens is 3. The first kappa shape index (κ1) is 54.1. The van der Waals surface area contributed by atoms with Crippen molar-refractivity contribution in [3.05, 3.63) is 258 Å². The molecular formula is C57H46Cl3N9O2S3. The minimum Gasteiger partial charge on any atom is -0.396 e. The molecule has 0 amide bonds. The highest BCUT2D eigenvalue weighted by Crippen LogP contribution is 2.31. The van der Waals surface area contributed by atoms with Gasteiger partial charge in [-0.2, -0.15) is 0 Å². The van der Waals surface area contributed by atoms with E-state index in [2.05, 4.69) is 30.9 Å². The summed E-state index contributed by atoms with van der Waals surface area (Å²) >= 11 is 36.1. The van der Waals surface area contributed by atoms with Gasteiger partial charge in [-0.05, 0) is 139 Å². The topological polar surface area (TPSA) is 170 Å². The number of hydrogen-bond donors (Lipinski definition) is 5. The number of halogens is 3. The van der Waals surface area contributed by atoms with Gasteiger partial charge in [-0.3, -0.25) is 15.1 Å². The second kappa shape index (κ2) is 25.3. The van der Waals surface area contributed by atoms with E-state index in [1.54, 1.807) is 42.7 Å². The molecule has 0 saturated heterocycles. The number of hydrogen-bond acceptors (Lipinski definition) is 13. The summed E-state index contributed by atoms with van der Waals surface area (Å²) in [4.78, 5) is 25.0. The minimum absolute atomic E-state index is 0.108. The Hall–Kier alpha value is -7.69. The molecule has 0 aliphatic carbocycles. The minimum atomic E-state index is -0.487. The van der Waals surface area contributed by atoms with Crippen LogP contribution < -0.4 is 27.4 Å². The maximum atomic E-state index is 11.1. The van der Waals surface area contributed by atoms with E-state index in [4.69, 9.17) is 82.9 Å². The fraction of sp³-hybridized carbons (Fsp3) is 0.0526. The maximum absolute atomic E-state index is 11.1. The average Bonchev–Trinajstić information content (AvgIpc) is 3.38. The zero-order chi connectivity index (χ0) is 52.9. The van der Waals surface area contributed by atoms with E-state index in [1.807, 2.05) is 142 Å². The fourth-order valence-corrected chi connectivity index (χ4v) is 9.55. The Labute approximate surface area is 460 Å². The Bertz CT molecular complexity index is 3550. The normalized spacial score (nSPS) is 10.4. The summed E-state index contributed by atoms with van der Waals surface area (Å²) in [5, 5.41) is 22.1. The summed E-state index contributed by atoms with van der Waals surface area (Å²) in [5.41, 5.74) is 23.7. The number of benzene rings is 6. The average molecular weight is 1090 g/mol. The Kier molecular flexibility index (Phi) is 18.5. The summed E-state index contributed by atoms with van der Waals surface area (Å²) in [6, 6.07) is 50.8. The second-order valence-corrected chi connectivity index (χ2v) is 18.9. The van der Waals surface area contributed by atoms with Gasteiger partial charge in [0.1, 0.15) is 11.6 Å². The Morgan fingerprint density at radius 1 is 0.514 bits per heavy atom. The van der Waals surface area contributed by atoms with Crippen LogP contribution in [0.3, 0.4) is 0 Å². The van der Waals surface area contributed by atoms with Crippen LogP contribution in [0.15, 0.2) is 182 Å². The van der Waals surface area contributed by atoms with Crippen molar-refractivity contribution in [2.75, 3.05) is 27.4 Å². The first-order valence-corrected chi connectivity index (χ1v) is 25.0. The molecule has 17 heteroatoms. The quantitative estimate of drug-likeness (QED) is 0.0320. The van der Waals surface area contributed by atoms with Crippen molar-refractivity contribution in [1.29, 1.82) is 0 Å². The first-order chi connectivity index (χ1) is 35.6. The van der Waals surface area contributed by atoms with E-state index in [1.165, 1.54) is 18.3 Å². The molecule has 0 aliphatic heterocycles. The van der Waals surface area contributed by atoms with Crippen LogP contribution in [0.5, 0.6) is 0 Å². The maximum Gasteiger partial charge on any atom is 0.311 e. The van der Waals surface area contributed by atoms with Crippen LogP contribution in [-0.4, -0.2) is 34.5 Å². The van der Waals surface area contributed by atoms with E-state index in [0.717, 1.165) is 76.9 Å². The molecule has 3 aromatic heterocycles. The van der Waals surface area contributed by atoms with Gasteiger partial charge >= 0.3 is 5.69 Å². The number of nitrogen functional groups attached to an aromatic ring is 2. The lowest BCUT2D eigenvalue weighted by atomic mass is 10.00. The molecule has 0 saturated carbocycles. The summed E-state index contributed by atoms with van der Waals surface area (Å²) in [7, 11) is 0. The molecule has 11 nitrogen and oxygen atoms in total. The number of pyridine rings is 3. The van der Waals surface area contributed by atoms with Gasteiger partial charge in [0.15, 0.2) is 0 Å². The van der Waals surface area contributed by atoms with Crippen LogP contribution in [0.1, 0.15) is 50.1 Å². The Morgan fingerprint density at radius 3 is 1.38 bits per heavy atom. The van der Waals surface area contributed by atoms with Gasteiger partial charge in [-0.15, -0.1) is 0 Å². The number of nitrogens with one attached hydrogen (secondary N) is 3. The lowest BCUT2D eigenvalue weighted by Crippen LogP contribution is -2.04. The van der Waals surface area contributed by atoms with Crippen LogP contribution >= 0.6 is 71.5 Å². The Morgan fingerprint density at radius 2 is 0.959 bits per heavy atom. The van der Waals surface area contributed by atoms with Crippen molar-refractivity contribution in [3.8, 4) is 0 Å². The molecule has 370 valence electrons. The van der Waals surface area contributed by atoms with Crippen molar-refractivity contribution >= 4 is 138 Å². The van der Waals surface area contributed by atoms with E-state index in [-0.39, 0.29) is 17.3 Å². The van der Waals surface area contributed by atoms with Gasteiger partial charge in [-0.1, -0.05) is 144 Å². The predicted molar refractivity (Wildman–Crippen MR) is 318 cm³/mol. The number of rotatable bonds is 13. The molecule has 9 rings (SSSR count). The summed E-state index contributed by atoms with van der Waals surface area (Å²) < 4.78 is 0. The summed E-state index contributed by atoms with van der Waals surface area (Å²) in [6.45, 7) is 6.07. The van der Waals surface area contributed by atoms with Crippen LogP contribution in [0.25, 0.3) is 0 Å². The zero-order valence-corrected chi connectivity index (χ0v) is 44.7. The predicted octanol–water partition coefficient (Wildman–Crippen LogP) is 15.7. The molecule has 6 aromatic carbocycles. The third kappa shape index (κ3) is 13.9. The van der Waals surface area contributed by atoms with Crippen molar-refractivity contribution in [3.63, 3.8) is 0 Å². The number of nitro groups is 1. The highest BCUT2D eigenvalue weighted by Gasteiger charge is 2.17. The number of anilines is 8. The number of nitrogens with two attached hydrogens (primary N) is 2. The lowest BCUT2D eigenvalue weighted by Gasteiger charge is -2.12. The molecular weight excluding hydrogens is 1050 g/mol. The van der Waals surface area contributed by atoms with Gasteiger partial charge < -0.3 is 27.4 Å². The Balaban J connectivity index is 0.000000162. The van der Waals surface area contributed by atoms with Crippen LogP contribution in [-0.2, 0) is 0 Å². The fourth-order valence-electron chi connectivity index (χ4n) is 7.33. The van der Waals surface area contributed by atoms with Crippen molar-refractivity contribution in [1.82, 2.24) is 15.0 Å². The van der Waals surface area contributed by atoms with E-state index >= 15 is 0 Å². The molecule has 0 fully saturated rings. The van der Waals surface area contributed by atoms with Gasteiger partial charge in [0.25, 0.3) is 0 Å². The highest BCUT2D eigenvalue weighted by atomic mass is 35.5. The molecule has 74 heavy (non-hydrogen) atoms. The molecule has 0 aliphatic rings. The first-order valence-electron chi connectivity index (χ1n) is 22.6. The van der Waals surface area contributed by atoms with Crippen LogP contribution in [0, 0.1) is 30.9 Å². The molecule has 7 N–H and O–H groups in total. The van der Waals surface area contributed by atoms with E-state index in [0.29, 0.717) is 37.1 Å². The molecule has 0 radical (unpaired) electrons. The molecule has 0 atom stereocenters. The number of thiocarbonyl (C=S) groups is 3.